The van der Waals surface area contributed by atoms with Gasteiger partial charge >= 0.3 is 35.8 Å². The van der Waals surface area contributed by atoms with Gasteiger partial charge in [-0.2, -0.15) is 0 Å². The molecule has 1 amide bonds. The van der Waals surface area contributed by atoms with Gasteiger partial charge in [0.15, 0.2) is 0 Å². The van der Waals surface area contributed by atoms with Crippen LogP contribution in [0, 0.1) is 0 Å². The minimum absolute atomic E-state index is 0.150. The second-order valence-electron chi connectivity index (χ2n) is 10.7. The van der Waals surface area contributed by atoms with E-state index in [-0.39, 0.29) is 29.9 Å². The van der Waals surface area contributed by atoms with Crippen molar-refractivity contribution in [2.75, 3.05) is 17.4 Å². The van der Waals surface area contributed by atoms with E-state index in [1.165, 1.54) is 6.33 Å². The van der Waals surface area contributed by atoms with Gasteiger partial charge in [0, 0.05) is 59.2 Å². The van der Waals surface area contributed by atoms with Crippen LogP contribution in [0.3, 0.4) is 0 Å². The van der Waals surface area contributed by atoms with E-state index < -0.39 is 66.4 Å². The van der Waals surface area contributed by atoms with Gasteiger partial charge in [0.2, 0.25) is 0 Å². The summed E-state index contributed by atoms with van der Waals surface area (Å²) in [4.78, 5) is 80.6. The number of phenols is 1. The molecule has 2 aliphatic heterocycles. The number of aromatic amines is 2. The Bertz CT molecular complexity index is 1680. The Balaban J connectivity index is 0.000000341. The standard InChI is InChI=1S/C11H12N2O3.C6H9N3O2.C4H7NO4.C4H5NO3S.C4H7NO2S/c12-9(11(15)16)3-6-5-13-10-2-1-7(14)4-8(6)10;7-5(6(10)11)1-4-2-8-3-9-4;5-2(4(8)9)1-3(6)7;6-3(7)2-1-9-4(8)5-2;6-4(7)3-1-8-2-5-3/h1-2,4-5,9,13-14H,3,12H2,(H,15,16);2-3,5H,1,7H2,(H,8,9)(H,10,11);2H,1,5H2,(H,6,7)(H,8,9);2H,1H2,(H,5,8)(H,6,7);3,5H,1-2H2,(H,6,7)/t9-;;2-;;/m0.1../s1. The van der Waals surface area contributed by atoms with Crippen molar-refractivity contribution in [3.63, 3.8) is 0 Å². The van der Waals surface area contributed by atoms with Crippen LogP contribution in [0.1, 0.15) is 17.7 Å². The first kappa shape index (κ1) is 45.6. The molecule has 2 fully saturated rings. The number of benzene rings is 1. The zero-order valence-electron chi connectivity index (χ0n) is 27.6. The molecule has 4 heterocycles. The number of amides is 1. The van der Waals surface area contributed by atoms with Gasteiger partial charge in [-0.05, 0) is 23.8 Å². The van der Waals surface area contributed by atoms with E-state index in [4.69, 9.17) is 47.8 Å². The summed E-state index contributed by atoms with van der Waals surface area (Å²) >= 11 is 2.62. The van der Waals surface area contributed by atoms with Gasteiger partial charge in [-0.3, -0.25) is 34.1 Å². The van der Waals surface area contributed by atoms with Crippen molar-refractivity contribution >= 4 is 75.5 Å². The summed E-state index contributed by atoms with van der Waals surface area (Å²) in [5, 5.41) is 64.8. The highest BCUT2D eigenvalue weighted by Gasteiger charge is 2.27. The van der Waals surface area contributed by atoms with Crippen molar-refractivity contribution in [3.05, 3.63) is 48.2 Å². The number of phenolic OH excluding ortho intramolecular Hbond substituents is 1. The Morgan fingerprint density at radius 1 is 0.830 bits per heavy atom. The summed E-state index contributed by atoms with van der Waals surface area (Å²) in [6.07, 6.45) is 4.75. The lowest BCUT2D eigenvalue weighted by Gasteiger charge is -2.04. The van der Waals surface area contributed by atoms with Gasteiger partial charge in [-0.25, -0.2) is 9.78 Å². The van der Waals surface area contributed by atoms with Gasteiger partial charge in [0.1, 0.15) is 36.0 Å². The van der Waals surface area contributed by atoms with Gasteiger partial charge in [-0.15, -0.1) is 11.8 Å². The predicted octanol–water partition coefficient (Wildman–Crippen LogP) is -1.31. The minimum Gasteiger partial charge on any atom is -0.508 e. The van der Waals surface area contributed by atoms with E-state index in [1.807, 2.05) is 0 Å². The average molecular weight is 789 g/mol. The fourth-order valence-electron chi connectivity index (χ4n) is 3.73. The van der Waals surface area contributed by atoms with Crippen LogP contribution in [0.15, 0.2) is 36.9 Å². The molecule has 0 radical (unpaired) electrons. The fourth-order valence-corrected chi connectivity index (χ4v) is 5.43. The number of carboxylic acid groups (broad SMARTS) is 6. The Morgan fingerprint density at radius 3 is 1.83 bits per heavy atom. The molecule has 2 aliphatic rings. The number of aliphatic carboxylic acids is 6. The summed E-state index contributed by atoms with van der Waals surface area (Å²) in [6, 6.07) is 0.845. The maximum absolute atomic E-state index is 10.6. The molecule has 0 bridgehead atoms. The van der Waals surface area contributed by atoms with E-state index in [9.17, 15) is 38.7 Å². The maximum atomic E-state index is 10.6. The summed E-state index contributed by atoms with van der Waals surface area (Å²) in [7, 11) is 0. The Labute approximate surface area is 307 Å². The number of carbonyl (C=O) groups is 7. The van der Waals surface area contributed by atoms with Crippen molar-refractivity contribution < 1.29 is 69.3 Å². The molecule has 17 N–H and O–H groups in total. The number of nitrogens with one attached hydrogen (secondary N) is 4. The number of carbonyl (C=O) groups excluding carboxylic acids is 1. The van der Waals surface area contributed by atoms with Crippen LogP contribution in [0.4, 0.5) is 4.79 Å². The van der Waals surface area contributed by atoms with Crippen LogP contribution in [0.25, 0.3) is 10.9 Å². The zero-order chi connectivity index (χ0) is 40.2. The smallest absolute Gasteiger partial charge is 0.327 e. The molecule has 22 nitrogen and oxygen atoms in total. The van der Waals surface area contributed by atoms with E-state index in [0.717, 1.165) is 39.8 Å². The van der Waals surface area contributed by atoms with Crippen LogP contribution in [-0.2, 0) is 41.6 Å². The number of H-pyrrole nitrogens is 2. The molecule has 3 aromatic rings. The third-order valence-corrected chi connectivity index (χ3v) is 8.34. The quantitative estimate of drug-likeness (QED) is 0.107. The number of nitrogens with two attached hydrogens (primary N) is 3. The number of thioether (sulfide) groups is 2. The van der Waals surface area contributed by atoms with Crippen molar-refractivity contribution in [3.8, 4) is 5.75 Å². The topological polar surface area (TPSA) is 408 Å². The molecule has 2 saturated heterocycles. The Kier molecular flexibility index (Phi) is 20.0. The minimum atomic E-state index is -1.29. The molecule has 24 heteroatoms. The number of hydrogen-bond acceptors (Lipinski definition) is 15. The van der Waals surface area contributed by atoms with Crippen molar-refractivity contribution in [1.82, 2.24) is 25.6 Å². The molecule has 53 heavy (non-hydrogen) atoms. The van der Waals surface area contributed by atoms with Gasteiger partial charge < -0.3 is 68.2 Å². The Morgan fingerprint density at radius 2 is 1.43 bits per heavy atom. The van der Waals surface area contributed by atoms with E-state index >= 15 is 0 Å². The molecule has 0 saturated carbocycles. The molecule has 2 aromatic heterocycles. The third kappa shape index (κ3) is 18.1. The summed E-state index contributed by atoms with van der Waals surface area (Å²) < 4.78 is 0. The molecule has 0 aliphatic carbocycles. The van der Waals surface area contributed by atoms with E-state index in [1.54, 1.807) is 42.4 Å². The summed E-state index contributed by atoms with van der Waals surface area (Å²) in [6.45, 7) is 0. The molecular weight excluding hydrogens is 748 g/mol. The number of hydrogen-bond donors (Lipinski definition) is 14. The van der Waals surface area contributed by atoms with Gasteiger partial charge in [0.05, 0.1) is 12.7 Å². The first-order valence-corrected chi connectivity index (χ1v) is 17.1. The SMILES string of the molecule is NC(Cc1cnc[nH]1)C(=O)O.N[C@@H](Cc1c[nH]c2ccc(O)cc12)C(=O)O.N[C@H](CC(=O)O)C(=O)O.O=C(O)C1CSCN1.O=C1NC(C(=O)O)CS1. The monoisotopic (exact) mass is 788 g/mol. The van der Waals surface area contributed by atoms with E-state index in [0.29, 0.717) is 11.5 Å². The largest absolute Gasteiger partial charge is 0.508 e. The van der Waals surface area contributed by atoms with Crippen molar-refractivity contribution in [2.45, 2.75) is 49.5 Å². The molecule has 1 aromatic carbocycles. The van der Waals surface area contributed by atoms with E-state index in [2.05, 4.69) is 25.6 Å². The lowest BCUT2D eigenvalue weighted by atomic mass is 10.1. The van der Waals surface area contributed by atoms with Crippen molar-refractivity contribution in [1.29, 1.82) is 0 Å². The van der Waals surface area contributed by atoms with Crippen LogP contribution in [0.2, 0.25) is 0 Å². The molecule has 3 unspecified atom stereocenters. The van der Waals surface area contributed by atoms with Crippen molar-refractivity contribution in [2.24, 2.45) is 17.2 Å². The number of carboxylic acids is 6. The number of fused-ring (bicyclic) bond motifs is 1. The number of aromatic nitrogens is 3. The molecule has 5 rings (SSSR count). The first-order valence-electron chi connectivity index (χ1n) is 14.9. The average Bonchev–Trinajstić information content (AvgIpc) is 3.91. The highest BCUT2D eigenvalue weighted by molar-refractivity contribution is 8.14. The van der Waals surface area contributed by atoms with Crippen LogP contribution in [0.5, 0.6) is 5.75 Å². The lowest BCUT2D eigenvalue weighted by molar-refractivity contribution is -0.144. The highest BCUT2D eigenvalue weighted by Crippen LogP contribution is 2.23. The predicted molar refractivity (Wildman–Crippen MR) is 189 cm³/mol. The first-order chi connectivity index (χ1) is 24.8. The number of imidazole rings is 1. The van der Waals surface area contributed by atoms with Crippen LogP contribution in [-0.4, -0.2) is 139 Å². The Hall–Kier alpha value is -5.40. The normalized spacial score (nSPS) is 17.3. The molecular formula is C29H40N8O14S2. The maximum Gasteiger partial charge on any atom is 0.327 e. The summed E-state index contributed by atoms with van der Waals surface area (Å²) in [5.41, 5.74) is 17.9. The van der Waals surface area contributed by atoms with Crippen LogP contribution >= 0.6 is 23.5 Å². The van der Waals surface area contributed by atoms with Gasteiger partial charge in [-0.1, -0.05) is 11.8 Å². The second-order valence-corrected chi connectivity index (χ2v) is 12.7. The fraction of sp³-hybridized carbons (Fsp3) is 0.379. The number of aromatic hydroxyl groups is 1. The highest BCUT2D eigenvalue weighted by atomic mass is 32.2. The second kappa shape index (κ2) is 23.2. The number of nitrogens with zero attached hydrogens (tertiary/aromatic N) is 1. The molecule has 0 spiro atoms. The molecule has 292 valence electrons. The molecule has 5 atom stereocenters. The lowest BCUT2D eigenvalue weighted by Crippen LogP contribution is -2.33. The summed E-state index contributed by atoms with van der Waals surface area (Å²) in [5.74, 6) is -4.27. The van der Waals surface area contributed by atoms with Crippen LogP contribution < -0.4 is 27.8 Å². The zero-order valence-corrected chi connectivity index (χ0v) is 29.2. The van der Waals surface area contributed by atoms with Gasteiger partial charge in [0.25, 0.3) is 5.24 Å². The number of rotatable bonds is 11. The third-order valence-electron chi connectivity index (χ3n) is 6.52.